The lowest BCUT2D eigenvalue weighted by atomic mass is 9.98. The second-order valence-electron chi connectivity index (χ2n) is 11.8. The zero-order valence-corrected chi connectivity index (χ0v) is 26.6. The summed E-state index contributed by atoms with van der Waals surface area (Å²) in [4.78, 5) is 39.6. The maximum atomic E-state index is 16.9. The number of piperazine rings is 1. The molecule has 0 spiro atoms. The van der Waals surface area contributed by atoms with E-state index in [0.717, 1.165) is 11.6 Å². The first-order valence-corrected chi connectivity index (χ1v) is 15.2. The summed E-state index contributed by atoms with van der Waals surface area (Å²) in [5.41, 5.74) is 6.96. The monoisotopic (exact) mass is 653 g/mol. The van der Waals surface area contributed by atoms with Gasteiger partial charge in [0.05, 0.1) is 49.7 Å². The fraction of sp³-hybridized carbons (Fsp3) is 0.312. The molecule has 2 atom stereocenters. The number of nitrogens with one attached hydrogen (secondary N) is 1. The average Bonchev–Trinajstić information content (AvgIpc) is 3.16. The minimum Gasteiger partial charge on any atom is -0.397 e. The number of nitrogens with two attached hydrogens (primary N) is 1. The van der Waals surface area contributed by atoms with E-state index in [1.807, 2.05) is 32.6 Å². The lowest BCUT2D eigenvalue weighted by Gasteiger charge is -2.45. The van der Waals surface area contributed by atoms with E-state index in [1.54, 1.807) is 17.2 Å². The standard InChI is InChI=1S/C32H31Cl2F2N7O2/c1-6-22(44)41-12-16(5)42-17(13-41)11-39-29-24-21(9-18(25(29)35)23-26(36)19(33)10-20(34)27(23)37)43(32(45)40-31(24)42)30-15(4)7-8-38-28(30)14(2)3/h6-10,14,16-17,39H,1,11-13,37H2,2-5H3. The number of fused-ring (bicyclic) bond motifs is 2. The molecule has 0 bridgehead atoms. The molecule has 0 saturated carbocycles. The number of anilines is 3. The summed E-state index contributed by atoms with van der Waals surface area (Å²) in [6.07, 6.45) is 2.91. The Morgan fingerprint density at radius 3 is 2.62 bits per heavy atom. The van der Waals surface area contributed by atoms with Crippen molar-refractivity contribution in [1.29, 1.82) is 0 Å². The topological polar surface area (TPSA) is 109 Å². The fourth-order valence-corrected chi connectivity index (χ4v) is 6.98. The van der Waals surface area contributed by atoms with Crippen molar-refractivity contribution in [3.63, 3.8) is 0 Å². The number of nitrogens with zero attached hydrogens (tertiary/aromatic N) is 5. The van der Waals surface area contributed by atoms with Gasteiger partial charge in [-0.2, -0.15) is 4.98 Å². The molecule has 2 aliphatic rings. The van der Waals surface area contributed by atoms with Gasteiger partial charge >= 0.3 is 5.69 Å². The van der Waals surface area contributed by atoms with Gasteiger partial charge in [0, 0.05) is 43.0 Å². The fourth-order valence-electron chi connectivity index (χ4n) is 6.51. The molecule has 4 aromatic rings. The summed E-state index contributed by atoms with van der Waals surface area (Å²) in [6, 6.07) is 3.65. The van der Waals surface area contributed by atoms with Gasteiger partial charge in [0.25, 0.3) is 0 Å². The Hall–Kier alpha value is -4.22. The predicted molar refractivity (Wildman–Crippen MR) is 175 cm³/mol. The van der Waals surface area contributed by atoms with Gasteiger partial charge in [0.15, 0.2) is 11.6 Å². The van der Waals surface area contributed by atoms with Gasteiger partial charge in [0.1, 0.15) is 5.82 Å². The molecule has 2 aliphatic heterocycles. The average molecular weight is 655 g/mol. The van der Waals surface area contributed by atoms with Crippen LogP contribution in [0.25, 0.3) is 27.7 Å². The van der Waals surface area contributed by atoms with E-state index in [2.05, 4.69) is 21.9 Å². The van der Waals surface area contributed by atoms with E-state index in [-0.39, 0.29) is 80.9 Å². The number of carbonyl (C=O) groups excluding carboxylic acids is 1. The van der Waals surface area contributed by atoms with Crippen LogP contribution in [0.15, 0.2) is 41.8 Å². The number of hydrogen-bond donors (Lipinski definition) is 2. The molecule has 0 aliphatic carbocycles. The highest BCUT2D eigenvalue weighted by atomic mass is 35.5. The number of carbonyl (C=O) groups is 1. The van der Waals surface area contributed by atoms with Crippen LogP contribution < -0.4 is 21.6 Å². The first kappa shape index (κ1) is 30.8. The number of aromatic nitrogens is 3. The predicted octanol–water partition coefficient (Wildman–Crippen LogP) is 6.06. The van der Waals surface area contributed by atoms with Crippen molar-refractivity contribution in [3.8, 4) is 16.8 Å². The van der Waals surface area contributed by atoms with Gasteiger partial charge in [0.2, 0.25) is 5.91 Å². The summed E-state index contributed by atoms with van der Waals surface area (Å²) in [7, 11) is 0. The Kier molecular flexibility index (Phi) is 7.73. The molecule has 9 nitrogen and oxygen atoms in total. The summed E-state index contributed by atoms with van der Waals surface area (Å²) in [5.74, 6) is -1.84. The van der Waals surface area contributed by atoms with E-state index in [1.165, 1.54) is 16.7 Å². The Morgan fingerprint density at radius 2 is 1.93 bits per heavy atom. The molecule has 3 N–H and O–H groups in total. The molecule has 1 saturated heterocycles. The number of benzene rings is 2. The van der Waals surface area contributed by atoms with Crippen LogP contribution in [0.2, 0.25) is 10.0 Å². The maximum Gasteiger partial charge on any atom is 0.354 e. The van der Waals surface area contributed by atoms with E-state index in [9.17, 15) is 9.59 Å². The second-order valence-corrected chi connectivity index (χ2v) is 12.6. The molecular weight excluding hydrogens is 623 g/mol. The minimum absolute atomic E-state index is 0.00415. The van der Waals surface area contributed by atoms with Crippen LogP contribution in [0.5, 0.6) is 0 Å². The van der Waals surface area contributed by atoms with Crippen molar-refractivity contribution in [3.05, 3.63) is 80.5 Å². The van der Waals surface area contributed by atoms with Crippen LogP contribution in [0.1, 0.15) is 37.9 Å². The molecule has 45 heavy (non-hydrogen) atoms. The largest absolute Gasteiger partial charge is 0.397 e. The van der Waals surface area contributed by atoms with Crippen LogP contribution in [-0.2, 0) is 4.79 Å². The number of amides is 1. The first-order valence-electron chi connectivity index (χ1n) is 14.5. The zero-order valence-electron chi connectivity index (χ0n) is 25.1. The maximum absolute atomic E-state index is 16.9. The lowest BCUT2D eigenvalue weighted by molar-refractivity contribution is -0.127. The van der Waals surface area contributed by atoms with Crippen molar-refractivity contribution in [2.45, 2.75) is 45.7 Å². The highest BCUT2D eigenvalue weighted by Gasteiger charge is 2.39. The first-order chi connectivity index (χ1) is 21.3. The molecule has 234 valence electrons. The van der Waals surface area contributed by atoms with Gasteiger partial charge < -0.3 is 20.9 Å². The number of aryl methyl sites for hydroxylation is 1. The molecular formula is C32H31Cl2F2N7O2. The number of hydrogen-bond acceptors (Lipinski definition) is 7. The van der Waals surface area contributed by atoms with Crippen LogP contribution in [0, 0.1) is 18.6 Å². The second kappa shape index (κ2) is 11.3. The molecule has 4 heterocycles. The zero-order chi connectivity index (χ0) is 32.5. The van der Waals surface area contributed by atoms with Gasteiger partial charge in [-0.3, -0.25) is 14.3 Å². The van der Waals surface area contributed by atoms with Crippen LogP contribution >= 0.6 is 23.2 Å². The Bertz CT molecular complexity index is 1950. The van der Waals surface area contributed by atoms with Gasteiger partial charge in [-0.25, -0.2) is 13.6 Å². The van der Waals surface area contributed by atoms with Crippen molar-refractivity contribution in [2.24, 2.45) is 0 Å². The molecule has 1 fully saturated rings. The van der Waals surface area contributed by atoms with Crippen molar-refractivity contribution < 1.29 is 13.6 Å². The molecule has 6 rings (SSSR count). The summed E-state index contributed by atoms with van der Waals surface area (Å²) in [5, 5.41) is 3.14. The third-order valence-corrected chi connectivity index (χ3v) is 9.12. The Labute approximate surface area is 268 Å². The quantitative estimate of drug-likeness (QED) is 0.156. The molecule has 2 unspecified atom stereocenters. The van der Waals surface area contributed by atoms with Crippen molar-refractivity contribution >= 4 is 57.2 Å². The van der Waals surface area contributed by atoms with Crippen molar-refractivity contribution in [2.75, 3.05) is 35.6 Å². The molecule has 2 aromatic heterocycles. The van der Waals surface area contributed by atoms with E-state index in [0.29, 0.717) is 23.3 Å². The van der Waals surface area contributed by atoms with Crippen LogP contribution in [-0.4, -0.2) is 57.1 Å². The highest BCUT2D eigenvalue weighted by Crippen LogP contribution is 2.46. The lowest BCUT2D eigenvalue weighted by Crippen LogP contribution is -2.61. The summed E-state index contributed by atoms with van der Waals surface area (Å²) >= 11 is 12.4. The van der Waals surface area contributed by atoms with Gasteiger partial charge in [-0.05, 0) is 49.6 Å². The minimum atomic E-state index is -0.953. The van der Waals surface area contributed by atoms with Crippen molar-refractivity contribution in [1.82, 2.24) is 19.4 Å². The smallest absolute Gasteiger partial charge is 0.354 e. The van der Waals surface area contributed by atoms with E-state index in [4.69, 9.17) is 28.9 Å². The van der Waals surface area contributed by atoms with E-state index >= 15 is 8.78 Å². The molecule has 13 heteroatoms. The molecule has 2 aromatic carbocycles. The number of rotatable bonds is 4. The van der Waals surface area contributed by atoms with Crippen LogP contribution in [0.3, 0.4) is 0 Å². The normalized spacial score (nSPS) is 17.7. The Balaban J connectivity index is 1.76. The van der Waals surface area contributed by atoms with Gasteiger partial charge in [-0.15, -0.1) is 0 Å². The molecule has 1 amide bonds. The number of nitrogen functional groups attached to an aromatic ring is 1. The van der Waals surface area contributed by atoms with E-state index < -0.39 is 17.3 Å². The SMILES string of the molecule is C=CC(=O)N1CC(C)N2c3nc(=O)n(-c4c(C)ccnc4C(C)C)c4cc(-c5c(N)c(Cl)cc(Cl)c5F)c(F)c(c34)NCC2C1. The Morgan fingerprint density at radius 1 is 1.20 bits per heavy atom. The van der Waals surface area contributed by atoms with Gasteiger partial charge in [-0.1, -0.05) is 43.6 Å². The third-order valence-electron chi connectivity index (χ3n) is 8.53. The third kappa shape index (κ3) is 4.80. The number of halogens is 4. The summed E-state index contributed by atoms with van der Waals surface area (Å²) < 4.78 is 34.0. The highest BCUT2D eigenvalue weighted by molar-refractivity contribution is 6.37. The number of pyridine rings is 1. The van der Waals surface area contributed by atoms with Crippen LogP contribution in [0.4, 0.5) is 26.0 Å². The summed E-state index contributed by atoms with van der Waals surface area (Å²) in [6.45, 7) is 12.1. The molecule has 0 radical (unpaired) electrons.